The van der Waals surface area contributed by atoms with Gasteiger partial charge in [-0.3, -0.25) is 0 Å². The van der Waals surface area contributed by atoms with Gasteiger partial charge in [0.05, 0.1) is 0 Å². The monoisotopic (exact) mass is 808 g/mol. The number of hydrogen-bond acceptors (Lipinski definition) is 4. The first kappa shape index (κ1) is 36.6. The van der Waals surface area contributed by atoms with Gasteiger partial charge in [-0.05, 0) is 206 Å². The highest BCUT2D eigenvalue weighted by atomic mass is 32.1. The Labute approximate surface area is 359 Å². The van der Waals surface area contributed by atoms with Crippen LogP contribution in [0.15, 0.2) is 158 Å². The molecule has 0 unspecified atom stereocenters. The highest BCUT2D eigenvalue weighted by Gasteiger charge is 2.19. The minimum atomic E-state index is 1.16. The molecule has 2 nitrogen and oxygen atoms in total. The molecule has 60 heavy (non-hydrogen) atoms. The lowest BCUT2D eigenvalue weighted by atomic mass is 10.0. The van der Waals surface area contributed by atoms with E-state index in [0.29, 0.717) is 0 Å². The molecule has 0 saturated carbocycles. The smallest absolute Gasteiger partial charge is 0.0468 e. The van der Waals surface area contributed by atoms with Crippen LogP contribution in [0.25, 0.3) is 61.9 Å². The van der Waals surface area contributed by atoms with E-state index in [0.717, 1.165) is 22.7 Å². The quantitative estimate of drug-likeness (QED) is 0.165. The van der Waals surface area contributed by atoms with Gasteiger partial charge in [0.15, 0.2) is 0 Å². The fraction of sp³-hybridized carbons (Fsp3) is 0.107. The molecule has 11 aromatic rings. The van der Waals surface area contributed by atoms with Gasteiger partial charge in [0, 0.05) is 74.5 Å². The standard InChI is InChI=1S/C56H44N2S2/c1-33-21-47(22-34(2)37(33)5)57(43-13-9-7-10-14-43)45-19-17-39-27-49-51-31-52-50-28-40-18-20-46(58(44-15-11-8-12-16-44)48-23-35(3)38(6)36(4)24-48)26-42(40)30-54(50)60-56(52)32-55(51)59-53(49)29-41(39)25-45/h7-32H,1-6H3. The Morgan fingerprint density at radius 3 is 1.05 bits per heavy atom. The van der Waals surface area contributed by atoms with Crippen LogP contribution in [-0.4, -0.2) is 0 Å². The van der Waals surface area contributed by atoms with E-state index >= 15 is 0 Å². The number of nitrogens with zero attached hydrogens (tertiary/aromatic N) is 2. The van der Waals surface area contributed by atoms with Crippen LogP contribution in [0.2, 0.25) is 0 Å². The number of aryl methyl sites for hydroxylation is 4. The first-order valence-corrected chi connectivity index (χ1v) is 22.4. The molecule has 0 atom stereocenters. The molecule has 0 amide bonds. The molecule has 290 valence electrons. The van der Waals surface area contributed by atoms with Gasteiger partial charge in [-0.2, -0.15) is 0 Å². The summed E-state index contributed by atoms with van der Waals surface area (Å²) in [6, 6.07) is 59.2. The summed E-state index contributed by atoms with van der Waals surface area (Å²) in [5, 5.41) is 10.3. The Morgan fingerprint density at radius 1 is 0.283 bits per heavy atom. The molecule has 0 aliphatic heterocycles. The van der Waals surface area contributed by atoms with E-state index in [9.17, 15) is 0 Å². The maximum atomic E-state index is 2.46. The number of benzene rings is 9. The minimum Gasteiger partial charge on any atom is -0.310 e. The third kappa shape index (κ3) is 6.05. The van der Waals surface area contributed by atoms with Crippen molar-refractivity contribution in [1.29, 1.82) is 0 Å². The molecule has 11 rings (SSSR count). The SMILES string of the molecule is Cc1cc(N(c2ccccc2)c2ccc3cc4c(cc3c2)sc2cc3sc5cc6cc(N(c7ccccc7)c7cc(C)c(C)c(C)c7)ccc6cc5c3cc24)cc(C)c1C. The molecule has 0 fully saturated rings. The van der Waals surface area contributed by atoms with E-state index in [4.69, 9.17) is 0 Å². The second-order valence-corrected chi connectivity index (χ2v) is 18.7. The number of anilines is 6. The Kier molecular flexibility index (Phi) is 8.59. The fourth-order valence-corrected chi connectivity index (χ4v) is 11.5. The third-order valence-electron chi connectivity index (χ3n) is 12.8. The summed E-state index contributed by atoms with van der Waals surface area (Å²) < 4.78 is 5.32. The zero-order valence-electron chi connectivity index (χ0n) is 34.7. The van der Waals surface area contributed by atoms with E-state index in [1.165, 1.54) is 107 Å². The number of para-hydroxylation sites is 2. The first-order chi connectivity index (χ1) is 29.2. The topological polar surface area (TPSA) is 6.48 Å². The summed E-state index contributed by atoms with van der Waals surface area (Å²) in [5.41, 5.74) is 14.9. The second-order valence-electron chi connectivity index (χ2n) is 16.6. The summed E-state index contributed by atoms with van der Waals surface area (Å²) in [6.07, 6.45) is 0. The van der Waals surface area contributed by atoms with Crippen LogP contribution < -0.4 is 9.80 Å². The number of rotatable bonds is 6. The zero-order chi connectivity index (χ0) is 40.8. The summed E-state index contributed by atoms with van der Waals surface area (Å²) in [6.45, 7) is 13.3. The Bertz CT molecular complexity index is 3230. The van der Waals surface area contributed by atoms with Crippen LogP contribution in [0, 0.1) is 41.5 Å². The molecule has 4 heteroatoms. The predicted molar refractivity (Wildman–Crippen MR) is 265 cm³/mol. The average molecular weight is 809 g/mol. The van der Waals surface area contributed by atoms with Gasteiger partial charge in [0.2, 0.25) is 0 Å². The van der Waals surface area contributed by atoms with E-state index in [2.05, 4.69) is 209 Å². The van der Waals surface area contributed by atoms with Crippen molar-refractivity contribution >= 4 is 119 Å². The minimum absolute atomic E-state index is 1.16. The maximum Gasteiger partial charge on any atom is 0.0468 e. The van der Waals surface area contributed by atoms with Gasteiger partial charge in [0.25, 0.3) is 0 Å². The second kappa shape index (κ2) is 14.1. The zero-order valence-corrected chi connectivity index (χ0v) is 36.4. The number of thiophene rings is 2. The summed E-state index contributed by atoms with van der Waals surface area (Å²) >= 11 is 3.82. The molecule has 2 aromatic heterocycles. The van der Waals surface area contributed by atoms with Gasteiger partial charge in [-0.1, -0.05) is 48.5 Å². The number of fused-ring (bicyclic) bond motifs is 8. The maximum absolute atomic E-state index is 2.46. The van der Waals surface area contributed by atoms with Crippen LogP contribution in [0.3, 0.4) is 0 Å². The molecule has 9 aromatic carbocycles. The molecule has 0 radical (unpaired) electrons. The van der Waals surface area contributed by atoms with Crippen molar-refractivity contribution in [3.05, 3.63) is 191 Å². The molecular formula is C56H44N2S2. The largest absolute Gasteiger partial charge is 0.310 e. The van der Waals surface area contributed by atoms with Crippen molar-refractivity contribution in [1.82, 2.24) is 0 Å². The van der Waals surface area contributed by atoms with Crippen molar-refractivity contribution in [2.75, 3.05) is 9.80 Å². The van der Waals surface area contributed by atoms with Gasteiger partial charge in [0.1, 0.15) is 0 Å². The van der Waals surface area contributed by atoms with Crippen molar-refractivity contribution in [3.63, 3.8) is 0 Å². The first-order valence-electron chi connectivity index (χ1n) is 20.7. The summed E-state index contributed by atoms with van der Waals surface area (Å²) in [5.74, 6) is 0. The van der Waals surface area contributed by atoms with Crippen molar-refractivity contribution in [2.24, 2.45) is 0 Å². The van der Waals surface area contributed by atoms with Gasteiger partial charge < -0.3 is 9.80 Å². The molecule has 0 saturated heterocycles. The molecule has 2 heterocycles. The van der Waals surface area contributed by atoms with Crippen molar-refractivity contribution < 1.29 is 0 Å². The van der Waals surface area contributed by atoms with E-state index in [1.54, 1.807) is 0 Å². The molecule has 0 N–H and O–H groups in total. The predicted octanol–water partition coefficient (Wildman–Crippen LogP) is 17.5. The Hall–Kier alpha value is -6.46. The van der Waals surface area contributed by atoms with Gasteiger partial charge >= 0.3 is 0 Å². The Balaban J connectivity index is 1.01. The lowest BCUT2D eigenvalue weighted by Gasteiger charge is -2.27. The highest BCUT2D eigenvalue weighted by Crippen LogP contribution is 2.46. The summed E-state index contributed by atoms with van der Waals surface area (Å²) in [7, 11) is 0. The van der Waals surface area contributed by atoms with Gasteiger partial charge in [-0.15, -0.1) is 22.7 Å². The molecule has 0 aliphatic carbocycles. The Morgan fingerprint density at radius 2 is 0.650 bits per heavy atom. The van der Waals surface area contributed by atoms with E-state index in [-0.39, 0.29) is 0 Å². The number of hydrogen-bond donors (Lipinski definition) is 0. The van der Waals surface area contributed by atoms with Crippen LogP contribution in [0.4, 0.5) is 34.1 Å². The third-order valence-corrected chi connectivity index (χ3v) is 15.1. The van der Waals surface area contributed by atoms with Crippen LogP contribution >= 0.6 is 22.7 Å². The van der Waals surface area contributed by atoms with Crippen LogP contribution in [0.1, 0.15) is 33.4 Å². The van der Waals surface area contributed by atoms with Crippen LogP contribution in [-0.2, 0) is 0 Å². The van der Waals surface area contributed by atoms with E-state index in [1.807, 2.05) is 22.7 Å². The highest BCUT2D eigenvalue weighted by molar-refractivity contribution is 7.28. The van der Waals surface area contributed by atoms with Crippen molar-refractivity contribution in [3.8, 4) is 0 Å². The summed E-state index contributed by atoms with van der Waals surface area (Å²) in [4.78, 5) is 4.78. The molecule has 0 spiro atoms. The fourth-order valence-electron chi connectivity index (χ4n) is 9.12. The average Bonchev–Trinajstić information content (AvgIpc) is 3.78. The lowest BCUT2D eigenvalue weighted by Crippen LogP contribution is -2.10. The molecule has 0 aliphatic rings. The van der Waals surface area contributed by atoms with E-state index < -0.39 is 0 Å². The molecular weight excluding hydrogens is 765 g/mol. The normalized spacial score (nSPS) is 11.8. The van der Waals surface area contributed by atoms with Crippen LogP contribution in [0.5, 0.6) is 0 Å². The van der Waals surface area contributed by atoms with Crippen molar-refractivity contribution in [2.45, 2.75) is 41.5 Å². The van der Waals surface area contributed by atoms with Gasteiger partial charge in [-0.25, -0.2) is 0 Å². The molecule has 0 bridgehead atoms. The lowest BCUT2D eigenvalue weighted by molar-refractivity contribution is 1.22.